The third-order valence-corrected chi connectivity index (χ3v) is 2.68. The van der Waals surface area contributed by atoms with Gasteiger partial charge in [-0.15, -0.1) is 0 Å². The van der Waals surface area contributed by atoms with Gasteiger partial charge in [0, 0.05) is 11.6 Å². The van der Waals surface area contributed by atoms with E-state index in [-0.39, 0.29) is 6.04 Å². The normalized spacial score (nSPS) is 20.1. The van der Waals surface area contributed by atoms with Crippen molar-refractivity contribution >= 4 is 0 Å². The van der Waals surface area contributed by atoms with Crippen LogP contribution < -0.4 is 10.1 Å². The summed E-state index contributed by atoms with van der Waals surface area (Å²) in [7, 11) is 0. The fourth-order valence-electron chi connectivity index (χ4n) is 1.99. The van der Waals surface area contributed by atoms with Crippen molar-refractivity contribution < 1.29 is 13.5 Å². The second-order valence-electron chi connectivity index (χ2n) is 3.63. The van der Waals surface area contributed by atoms with Gasteiger partial charge >= 0.3 is 6.61 Å². The summed E-state index contributed by atoms with van der Waals surface area (Å²) in [6.45, 7) is 0.0729. The molecule has 0 radical (unpaired) electrons. The van der Waals surface area contributed by atoms with Gasteiger partial charge in [-0.1, -0.05) is 12.1 Å². The van der Waals surface area contributed by atoms with Crippen LogP contribution in [-0.2, 0) is 6.42 Å². The molecule has 0 aliphatic carbocycles. The fourth-order valence-corrected chi connectivity index (χ4v) is 1.99. The Balaban J connectivity index is 2.35. The number of hydrogen-bond acceptors (Lipinski definition) is 2. The van der Waals surface area contributed by atoms with Gasteiger partial charge in [-0.25, -0.2) is 0 Å². The Morgan fingerprint density at radius 2 is 2.27 bits per heavy atom. The SMILES string of the molecule is CC1NCCc2c(OC(F)F)cccc21. The second kappa shape index (κ2) is 4.14. The minimum atomic E-state index is -2.75. The van der Waals surface area contributed by atoms with E-state index >= 15 is 0 Å². The highest BCUT2D eigenvalue weighted by atomic mass is 19.3. The van der Waals surface area contributed by atoms with Crippen LogP contribution in [0.25, 0.3) is 0 Å². The molecule has 0 aromatic heterocycles. The Bertz CT molecular complexity index is 354. The molecule has 1 unspecified atom stereocenters. The maximum atomic E-state index is 12.1. The van der Waals surface area contributed by atoms with Crippen LogP contribution in [-0.4, -0.2) is 13.2 Å². The van der Waals surface area contributed by atoms with Crippen molar-refractivity contribution in [2.45, 2.75) is 26.0 Å². The Hall–Kier alpha value is -1.16. The molecule has 0 spiro atoms. The first-order valence-electron chi connectivity index (χ1n) is 4.98. The lowest BCUT2D eigenvalue weighted by atomic mass is 9.94. The Morgan fingerprint density at radius 1 is 1.47 bits per heavy atom. The standard InChI is InChI=1S/C11H13F2NO/c1-7-8-3-2-4-10(15-11(12)13)9(8)5-6-14-7/h2-4,7,11,14H,5-6H2,1H3. The predicted octanol–water partition coefficient (Wildman–Crippen LogP) is 2.49. The molecule has 0 saturated heterocycles. The summed E-state index contributed by atoms with van der Waals surface area (Å²) in [5.41, 5.74) is 1.96. The van der Waals surface area contributed by atoms with Crippen molar-refractivity contribution in [2.24, 2.45) is 0 Å². The second-order valence-corrected chi connectivity index (χ2v) is 3.63. The molecule has 2 rings (SSSR count). The van der Waals surface area contributed by atoms with Crippen LogP contribution >= 0.6 is 0 Å². The molecule has 1 N–H and O–H groups in total. The first kappa shape index (κ1) is 10.4. The molecular weight excluding hydrogens is 200 g/mol. The monoisotopic (exact) mass is 213 g/mol. The van der Waals surface area contributed by atoms with Crippen molar-refractivity contribution in [2.75, 3.05) is 6.54 Å². The Morgan fingerprint density at radius 3 is 3.00 bits per heavy atom. The van der Waals surface area contributed by atoms with Gasteiger partial charge in [0.2, 0.25) is 0 Å². The van der Waals surface area contributed by atoms with Gasteiger partial charge in [0.15, 0.2) is 0 Å². The lowest BCUT2D eigenvalue weighted by Crippen LogP contribution is -2.28. The van der Waals surface area contributed by atoms with E-state index in [0.29, 0.717) is 5.75 Å². The van der Waals surface area contributed by atoms with Crippen LogP contribution in [0.5, 0.6) is 5.75 Å². The maximum absolute atomic E-state index is 12.1. The number of ether oxygens (including phenoxy) is 1. The van der Waals surface area contributed by atoms with Gasteiger partial charge in [0.05, 0.1) is 0 Å². The zero-order valence-corrected chi connectivity index (χ0v) is 8.47. The molecule has 0 amide bonds. The lowest BCUT2D eigenvalue weighted by molar-refractivity contribution is -0.0505. The number of alkyl halides is 2. The smallest absolute Gasteiger partial charge is 0.387 e. The first-order chi connectivity index (χ1) is 7.18. The van der Waals surface area contributed by atoms with Gasteiger partial charge < -0.3 is 10.1 Å². The number of fused-ring (bicyclic) bond motifs is 1. The molecule has 1 aromatic carbocycles. The fraction of sp³-hybridized carbons (Fsp3) is 0.455. The van der Waals surface area contributed by atoms with E-state index in [2.05, 4.69) is 10.1 Å². The third-order valence-electron chi connectivity index (χ3n) is 2.68. The number of rotatable bonds is 2. The largest absolute Gasteiger partial charge is 0.435 e. The summed E-state index contributed by atoms with van der Waals surface area (Å²) in [6, 6.07) is 5.50. The molecular formula is C11H13F2NO. The average molecular weight is 213 g/mol. The maximum Gasteiger partial charge on any atom is 0.387 e. The average Bonchev–Trinajstić information content (AvgIpc) is 2.19. The van der Waals surface area contributed by atoms with Gasteiger partial charge in [-0.05, 0) is 31.5 Å². The van der Waals surface area contributed by atoms with Crippen LogP contribution in [0.4, 0.5) is 8.78 Å². The van der Waals surface area contributed by atoms with Crippen LogP contribution in [0.2, 0.25) is 0 Å². The predicted molar refractivity (Wildman–Crippen MR) is 53.2 cm³/mol. The molecule has 1 aromatic rings. The minimum Gasteiger partial charge on any atom is -0.435 e. The van der Waals surface area contributed by atoms with Crippen LogP contribution in [0.1, 0.15) is 24.1 Å². The summed E-state index contributed by atoms with van der Waals surface area (Å²) in [6.07, 6.45) is 0.739. The molecule has 1 aliphatic heterocycles. The molecule has 1 atom stereocenters. The topological polar surface area (TPSA) is 21.3 Å². The highest BCUT2D eigenvalue weighted by Crippen LogP contribution is 2.30. The van der Waals surface area contributed by atoms with Crippen molar-refractivity contribution in [3.8, 4) is 5.75 Å². The molecule has 1 aliphatic rings. The zero-order chi connectivity index (χ0) is 10.8. The van der Waals surface area contributed by atoms with E-state index in [9.17, 15) is 8.78 Å². The summed E-state index contributed by atoms with van der Waals surface area (Å²) >= 11 is 0. The summed E-state index contributed by atoms with van der Waals surface area (Å²) in [5, 5.41) is 3.28. The lowest BCUT2D eigenvalue weighted by Gasteiger charge is -2.25. The highest BCUT2D eigenvalue weighted by molar-refractivity contribution is 5.43. The number of benzene rings is 1. The van der Waals surface area contributed by atoms with Gasteiger partial charge in [-0.3, -0.25) is 0 Å². The third kappa shape index (κ3) is 2.09. The summed E-state index contributed by atoms with van der Waals surface area (Å²) < 4.78 is 28.8. The van der Waals surface area contributed by atoms with Crippen molar-refractivity contribution in [1.82, 2.24) is 5.32 Å². The number of halogens is 2. The number of hydrogen-bond donors (Lipinski definition) is 1. The molecule has 0 saturated carbocycles. The molecule has 1 heterocycles. The summed E-state index contributed by atoms with van der Waals surface area (Å²) in [5.74, 6) is 0.316. The van der Waals surface area contributed by atoms with Crippen molar-refractivity contribution in [1.29, 1.82) is 0 Å². The quantitative estimate of drug-likeness (QED) is 0.815. The molecule has 2 nitrogen and oxygen atoms in total. The van der Waals surface area contributed by atoms with E-state index in [1.807, 2.05) is 13.0 Å². The minimum absolute atomic E-state index is 0.204. The first-order valence-corrected chi connectivity index (χ1v) is 4.98. The van der Waals surface area contributed by atoms with E-state index in [1.54, 1.807) is 12.1 Å². The Labute approximate surface area is 87.2 Å². The van der Waals surface area contributed by atoms with E-state index in [1.165, 1.54) is 0 Å². The summed E-state index contributed by atoms with van der Waals surface area (Å²) in [4.78, 5) is 0. The van der Waals surface area contributed by atoms with Crippen molar-refractivity contribution in [3.63, 3.8) is 0 Å². The van der Waals surface area contributed by atoms with E-state index in [4.69, 9.17) is 0 Å². The molecule has 82 valence electrons. The number of nitrogens with one attached hydrogen (secondary N) is 1. The van der Waals surface area contributed by atoms with E-state index in [0.717, 1.165) is 24.1 Å². The van der Waals surface area contributed by atoms with Crippen molar-refractivity contribution in [3.05, 3.63) is 29.3 Å². The van der Waals surface area contributed by atoms with Crippen LogP contribution in [0, 0.1) is 0 Å². The van der Waals surface area contributed by atoms with Gasteiger partial charge in [-0.2, -0.15) is 8.78 Å². The van der Waals surface area contributed by atoms with Gasteiger partial charge in [0.1, 0.15) is 5.75 Å². The van der Waals surface area contributed by atoms with Crippen LogP contribution in [0.3, 0.4) is 0 Å². The van der Waals surface area contributed by atoms with E-state index < -0.39 is 6.61 Å². The Kier molecular flexibility index (Phi) is 2.86. The molecule has 4 heteroatoms. The van der Waals surface area contributed by atoms with Gasteiger partial charge in [0.25, 0.3) is 0 Å². The highest BCUT2D eigenvalue weighted by Gasteiger charge is 2.20. The molecule has 15 heavy (non-hydrogen) atoms. The molecule has 0 fully saturated rings. The zero-order valence-electron chi connectivity index (χ0n) is 8.47. The molecule has 0 bridgehead atoms. The van der Waals surface area contributed by atoms with Crippen LogP contribution in [0.15, 0.2) is 18.2 Å².